The number of H-pyrrole nitrogens is 1. The number of imidazole rings is 1. The maximum atomic E-state index is 6.36. The summed E-state index contributed by atoms with van der Waals surface area (Å²) in [6.45, 7) is 0. The first-order chi connectivity index (χ1) is 15.8. The van der Waals surface area contributed by atoms with Crippen LogP contribution in [0.15, 0.2) is 86.3 Å². The van der Waals surface area contributed by atoms with E-state index in [4.69, 9.17) is 18.2 Å². The van der Waals surface area contributed by atoms with Crippen molar-refractivity contribution in [1.29, 1.82) is 0 Å². The molecule has 0 atom stereocenters. The zero-order valence-electron chi connectivity index (χ0n) is 16.5. The van der Waals surface area contributed by atoms with Crippen LogP contribution in [0.5, 0.6) is 0 Å². The van der Waals surface area contributed by atoms with Gasteiger partial charge in [-0.2, -0.15) is 0 Å². The van der Waals surface area contributed by atoms with Gasteiger partial charge in [0.05, 0.1) is 33.7 Å². The maximum absolute atomic E-state index is 6.36. The van der Waals surface area contributed by atoms with Gasteiger partial charge in [-0.1, -0.05) is 30.3 Å². The monoisotopic (exact) mass is 415 g/mol. The molecule has 150 valence electrons. The standard InChI is InChI=1S/C26H13N3O3/c1-2-7-18-13(4-1)22-20(30-18)11-9-17-25(22)32-26(29-17)15-6-3-5-14-21-19(31-24(14)15)10-8-16-23(21)28-12-27-16/h1-12H,(H,27,28). The minimum atomic E-state index is 0.515. The molecule has 0 saturated carbocycles. The Morgan fingerprint density at radius 2 is 1.53 bits per heavy atom. The van der Waals surface area contributed by atoms with E-state index in [1.807, 2.05) is 66.7 Å². The van der Waals surface area contributed by atoms with Gasteiger partial charge in [-0.25, -0.2) is 9.97 Å². The second-order valence-electron chi connectivity index (χ2n) is 7.93. The highest BCUT2D eigenvalue weighted by Gasteiger charge is 2.20. The van der Waals surface area contributed by atoms with Crippen LogP contribution < -0.4 is 0 Å². The van der Waals surface area contributed by atoms with Crippen LogP contribution in [0.3, 0.4) is 0 Å². The third kappa shape index (κ3) is 1.94. The molecule has 0 saturated heterocycles. The summed E-state index contributed by atoms with van der Waals surface area (Å²) >= 11 is 0. The lowest BCUT2D eigenvalue weighted by atomic mass is 10.1. The van der Waals surface area contributed by atoms with Crippen LogP contribution in [0.1, 0.15) is 0 Å². The second kappa shape index (κ2) is 5.56. The van der Waals surface area contributed by atoms with Crippen LogP contribution >= 0.6 is 0 Å². The van der Waals surface area contributed by atoms with Gasteiger partial charge in [-0.15, -0.1) is 0 Å². The van der Waals surface area contributed by atoms with Gasteiger partial charge >= 0.3 is 0 Å². The van der Waals surface area contributed by atoms with Crippen LogP contribution in [0, 0.1) is 0 Å². The van der Waals surface area contributed by atoms with Gasteiger partial charge in [0.25, 0.3) is 0 Å². The lowest BCUT2D eigenvalue weighted by molar-refractivity contribution is 0.617. The van der Waals surface area contributed by atoms with Crippen LogP contribution in [0.2, 0.25) is 0 Å². The van der Waals surface area contributed by atoms with E-state index in [9.17, 15) is 0 Å². The molecule has 0 bridgehead atoms. The van der Waals surface area contributed by atoms with Crippen molar-refractivity contribution in [3.63, 3.8) is 0 Å². The number of rotatable bonds is 1. The van der Waals surface area contributed by atoms with Crippen molar-refractivity contribution in [3.05, 3.63) is 73.1 Å². The van der Waals surface area contributed by atoms with E-state index in [1.54, 1.807) is 6.33 Å². The zero-order valence-corrected chi connectivity index (χ0v) is 16.5. The fraction of sp³-hybridized carbons (Fsp3) is 0. The number of hydrogen-bond donors (Lipinski definition) is 1. The first-order valence-corrected chi connectivity index (χ1v) is 10.3. The number of furan rings is 2. The third-order valence-electron chi connectivity index (χ3n) is 6.18. The topological polar surface area (TPSA) is 81.0 Å². The number of benzene rings is 4. The van der Waals surface area contributed by atoms with Crippen molar-refractivity contribution in [2.24, 2.45) is 0 Å². The Morgan fingerprint density at radius 1 is 0.656 bits per heavy atom. The molecule has 0 spiro atoms. The molecule has 4 aromatic carbocycles. The Bertz CT molecular complexity index is 2000. The van der Waals surface area contributed by atoms with Gasteiger partial charge in [0, 0.05) is 10.8 Å². The predicted molar refractivity (Wildman–Crippen MR) is 124 cm³/mol. The van der Waals surface area contributed by atoms with Crippen molar-refractivity contribution < 1.29 is 13.3 Å². The van der Waals surface area contributed by atoms with Crippen molar-refractivity contribution in [2.45, 2.75) is 0 Å². The Balaban J connectivity index is 1.46. The van der Waals surface area contributed by atoms with Gasteiger partial charge in [-0.05, 0) is 36.4 Å². The molecular weight excluding hydrogens is 402 g/mol. The number of nitrogens with zero attached hydrogens (tertiary/aromatic N) is 2. The molecule has 0 fully saturated rings. The minimum absolute atomic E-state index is 0.515. The average molecular weight is 415 g/mol. The molecule has 0 unspecified atom stereocenters. The number of fused-ring (bicyclic) bond motifs is 10. The summed E-state index contributed by atoms with van der Waals surface area (Å²) in [6, 6.07) is 21.8. The number of hydrogen-bond acceptors (Lipinski definition) is 5. The van der Waals surface area contributed by atoms with Gasteiger partial charge < -0.3 is 18.2 Å². The second-order valence-corrected chi connectivity index (χ2v) is 7.93. The molecule has 8 aromatic rings. The lowest BCUT2D eigenvalue weighted by Gasteiger charge is -1.96. The Labute approximate surface area is 179 Å². The number of para-hydroxylation sites is 2. The third-order valence-corrected chi connectivity index (χ3v) is 6.18. The minimum Gasteiger partial charge on any atom is -0.456 e. The first kappa shape index (κ1) is 16.2. The summed E-state index contributed by atoms with van der Waals surface area (Å²) in [5, 5.41) is 3.92. The largest absolute Gasteiger partial charge is 0.456 e. The van der Waals surface area contributed by atoms with E-state index in [2.05, 4.69) is 9.97 Å². The lowest BCUT2D eigenvalue weighted by Crippen LogP contribution is -1.78. The highest BCUT2D eigenvalue weighted by molar-refractivity contribution is 6.19. The summed E-state index contributed by atoms with van der Waals surface area (Å²) in [5.74, 6) is 0.515. The van der Waals surface area contributed by atoms with Crippen LogP contribution in [-0.4, -0.2) is 15.0 Å². The van der Waals surface area contributed by atoms with Gasteiger partial charge in [0.15, 0.2) is 5.58 Å². The van der Waals surface area contributed by atoms with E-state index in [-0.39, 0.29) is 0 Å². The Hall–Kier alpha value is -4.58. The highest BCUT2D eigenvalue weighted by Crippen LogP contribution is 2.40. The van der Waals surface area contributed by atoms with Crippen molar-refractivity contribution in [3.8, 4) is 11.5 Å². The van der Waals surface area contributed by atoms with Crippen LogP contribution in [0.4, 0.5) is 0 Å². The average Bonchev–Trinajstić information content (AvgIpc) is 3.59. The van der Waals surface area contributed by atoms with Crippen molar-refractivity contribution in [2.75, 3.05) is 0 Å². The molecule has 1 N–H and O–H groups in total. The van der Waals surface area contributed by atoms with Crippen molar-refractivity contribution in [1.82, 2.24) is 15.0 Å². The number of oxazole rings is 1. The number of nitrogens with one attached hydrogen (secondary N) is 1. The normalized spacial score (nSPS) is 12.4. The van der Waals surface area contributed by atoms with Crippen molar-refractivity contribution >= 4 is 66.0 Å². The molecule has 32 heavy (non-hydrogen) atoms. The number of aromatic amines is 1. The van der Waals surface area contributed by atoms with E-state index in [1.165, 1.54) is 0 Å². The Kier molecular flexibility index (Phi) is 2.81. The number of aromatic nitrogens is 3. The summed E-state index contributed by atoms with van der Waals surface area (Å²) in [7, 11) is 0. The molecule has 8 rings (SSSR count). The van der Waals surface area contributed by atoms with Crippen LogP contribution in [-0.2, 0) is 0 Å². The van der Waals surface area contributed by atoms with E-state index >= 15 is 0 Å². The van der Waals surface area contributed by atoms with Gasteiger partial charge in [0.2, 0.25) is 5.89 Å². The summed E-state index contributed by atoms with van der Waals surface area (Å²) in [4.78, 5) is 12.5. The van der Waals surface area contributed by atoms with Crippen LogP contribution in [0.25, 0.3) is 77.5 Å². The molecule has 4 heterocycles. The quantitative estimate of drug-likeness (QED) is 0.307. The fourth-order valence-electron chi connectivity index (χ4n) is 4.77. The molecule has 6 nitrogen and oxygen atoms in total. The zero-order chi connectivity index (χ0) is 20.8. The van der Waals surface area contributed by atoms with Gasteiger partial charge in [-0.3, -0.25) is 0 Å². The molecule has 0 aliphatic carbocycles. The summed E-state index contributed by atoms with van der Waals surface area (Å²) < 4.78 is 18.6. The Morgan fingerprint density at radius 3 is 2.53 bits per heavy atom. The van der Waals surface area contributed by atoms with E-state index in [0.717, 1.165) is 66.0 Å². The first-order valence-electron chi connectivity index (χ1n) is 10.3. The van der Waals surface area contributed by atoms with E-state index in [0.29, 0.717) is 11.5 Å². The predicted octanol–water partition coefficient (Wildman–Crippen LogP) is 7.17. The molecule has 0 radical (unpaired) electrons. The summed E-state index contributed by atoms with van der Waals surface area (Å²) in [6.07, 6.45) is 1.70. The molecular formula is C26H13N3O3. The van der Waals surface area contributed by atoms with E-state index < -0.39 is 0 Å². The maximum Gasteiger partial charge on any atom is 0.231 e. The molecule has 4 aromatic heterocycles. The fourth-order valence-corrected chi connectivity index (χ4v) is 4.77. The molecule has 0 aliphatic heterocycles. The molecule has 0 aliphatic rings. The molecule has 0 amide bonds. The van der Waals surface area contributed by atoms with Gasteiger partial charge in [0.1, 0.15) is 27.8 Å². The molecule has 6 heteroatoms. The SMILES string of the molecule is c1ccc2c(c1)oc1ccc3nc(-c4cccc5c4oc4ccc6[nH]cnc6c45)oc3c12. The smallest absolute Gasteiger partial charge is 0.231 e. The highest BCUT2D eigenvalue weighted by atomic mass is 16.4. The summed E-state index contributed by atoms with van der Waals surface area (Å²) in [5.41, 5.74) is 7.29.